The van der Waals surface area contributed by atoms with Crippen LogP contribution in [0.25, 0.3) is 0 Å². The lowest BCUT2D eigenvalue weighted by Crippen LogP contribution is -2.37. The number of furan rings is 1. The summed E-state index contributed by atoms with van der Waals surface area (Å²) in [5.74, 6) is 1.65. The Bertz CT molecular complexity index is 645. The van der Waals surface area contributed by atoms with Gasteiger partial charge < -0.3 is 9.52 Å². The van der Waals surface area contributed by atoms with Gasteiger partial charge in [-0.1, -0.05) is 12.8 Å². The first-order valence-electron chi connectivity index (χ1n) is 9.30. The van der Waals surface area contributed by atoms with Crippen molar-refractivity contribution in [2.24, 2.45) is 0 Å². The minimum atomic E-state index is -0.555. The van der Waals surface area contributed by atoms with Crippen molar-refractivity contribution in [3.63, 3.8) is 0 Å². The first-order valence-corrected chi connectivity index (χ1v) is 9.30. The second-order valence-electron chi connectivity index (χ2n) is 8.00. The quantitative estimate of drug-likeness (QED) is 0.897. The molecule has 6 heteroatoms. The molecule has 0 amide bonds. The van der Waals surface area contributed by atoms with Crippen LogP contribution >= 0.6 is 0 Å². The van der Waals surface area contributed by atoms with Crippen LogP contribution in [0.1, 0.15) is 70.6 Å². The topological polar surface area (TPSA) is 67.3 Å². The summed E-state index contributed by atoms with van der Waals surface area (Å²) in [5.41, 5.74) is -0.0825. The first kappa shape index (κ1) is 18.1. The van der Waals surface area contributed by atoms with E-state index in [0.717, 1.165) is 25.3 Å². The zero-order valence-corrected chi connectivity index (χ0v) is 15.6. The third kappa shape index (κ3) is 4.50. The molecule has 0 radical (unpaired) electrons. The van der Waals surface area contributed by atoms with E-state index >= 15 is 0 Å². The van der Waals surface area contributed by atoms with Crippen molar-refractivity contribution in [1.29, 1.82) is 0 Å². The van der Waals surface area contributed by atoms with Gasteiger partial charge in [0.1, 0.15) is 24.0 Å². The summed E-state index contributed by atoms with van der Waals surface area (Å²) in [6, 6.07) is 4.00. The molecule has 1 aliphatic rings. The Morgan fingerprint density at radius 2 is 2.16 bits per heavy atom. The SMILES string of the molecule is CC(C)(C)n1ncnc1CN1CCCCC[C@H]1C[C@@H](O)c1ccco1. The number of hydrogen-bond donors (Lipinski definition) is 1. The monoisotopic (exact) mass is 346 g/mol. The maximum absolute atomic E-state index is 10.5. The van der Waals surface area contributed by atoms with Gasteiger partial charge in [-0.3, -0.25) is 4.90 Å². The van der Waals surface area contributed by atoms with E-state index in [1.807, 2.05) is 16.8 Å². The summed E-state index contributed by atoms with van der Waals surface area (Å²) in [4.78, 5) is 6.96. The molecule has 1 N–H and O–H groups in total. The Hall–Kier alpha value is -1.66. The van der Waals surface area contributed by atoms with E-state index in [0.29, 0.717) is 18.2 Å². The molecule has 3 heterocycles. The molecular formula is C19H30N4O2. The lowest BCUT2D eigenvalue weighted by Gasteiger charge is -2.32. The predicted molar refractivity (Wildman–Crippen MR) is 96.0 cm³/mol. The highest BCUT2D eigenvalue weighted by molar-refractivity contribution is 5.03. The maximum Gasteiger partial charge on any atom is 0.141 e. The minimum Gasteiger partial charge on any atom is -0.467 e. The van der Waals surface area contributed by atoms with Gasteiger partial charge in [-0.25, -0.2) is 9.67 Å². The fourth-order valence-corrected chi connectivity index (χ4v) is 3.68. The molecule has 1 saturated heterocycles. The van der Waals surface area contributed by atoms with Crippen molar-refractivity contribution < 1.29 is 9.52 Å². The summed E-state index contributed by atoms with van der Waals surface area (Å²) in [6.45, 7) is 8.24. The van der Waals surface area contributed by atoms with Crippen molar-refractivity contribution in [3.05, 3.63) is 36.3 Å². The molecule has 3 rings (SSSR count). The van der Waals surface area contributed by atoms with Gasteiger partial charge in [0.15, 0.2) is 0 Å². The van der Waals surface area contributed by atoms with Gasteiger partial charge in [-0.15, -0.1) is 0 Å². The van der Waals surface area contributed by atoms with E-state index in [1.54, 1.807) is 12.6 Å². The van der Waals surface area contributed by atoms with Crippen molar-refractivity contribution in [2.75, 3.05) is 6.54 Å². The molecule has 6 nitrogen and oxygen atoms in total. The molecule has 0 unspecified atom stereocenters. The third-order valence-corrected chi connectivity index (χ3v) is 4.96. The summed E-state index contributed by atoms with van der Waals surface area (Å²) in [5, 5.41) is 14.9. The lowest BCUT2D eigenvalue weighted by molar-refractivity contribution is 0.0803. The Kier molecular flexibility index (Phi) is 5.59. The summed E-state index contributed by atoms with van der Waals surface area (Å²) >= 11 is 0. The van der Waals surface area contributed by atoms with Crippen LogP contribution in [-0.4, -0.2) is 37.4 Å². The molecule has 0 aromatic carbocycles. The van der Waals surface area contributed by atoms with Crippen molar-refractivity contribution in [3.8, 4) is 0 Å². The number of aliphatic hydroxyl groups is 1. The molecule has 2 atom stereocenters. The van der Waals surface area contributed by atoms with Crippen LogP contribution in [0.2, 0.25) is 0 Å². The van der Waals surface area contributed by atoms with Crippen LogP contribution in [0.3, 0.4) is 0 Å². The van der Waals surface area contributed by atoms with Gasteiger partial charge in [0.05, 0.1) is 18.3 Å². The smallest absolute Gasteiger partial charge is 0.141 e. The zero-order chi connectivity index (χ0) is 17.9. The molecule has 0 aliphatic carbocycles. The number of hydrogen-bond acceptors (Lipinski definition) is 5. The van der Waals surface area contributed by atoms with Gasteiger partial charge in [-0.2, -0.15) is 5.10 Å². The summed E-state index contributed by atoms with van der Waals surface area (Å²) in [7, 11) is 0. The van der Waals surface area contributed by atoms with Gasteiger partial charge >= 0.3 is 0 Å². The van der Waals surface area contributed by atoms with E-state index in [4.69, 9.17) is 4.42 Å². The Balaban J connectivity index is 1.74. The highest BCUT2D eigenvalue weighted by Crippen LogP contribution is 2.28. The van der Waals surface area contributed by atoms with Crippen molar-refractivity contribution in [1.82, 2.24) is 19.7 Å². The molecule has 138 valence electrons. The van der Waals surface area contributed by atoms with Crippen molar-refractivity contribution >= 4 is 0 Å². The molecule has 2 aromatic heterocycles. The molecular weight excluding hydrogens is 316 g/mol. The lowest BCUT2D eigenvalue weighted by atomic mass is 10.0. The Morgan fingerprint density at radius 3 is 2.88 bits per heavy atom. The largest absolute Gasteiger partial charge is 0.467 e. The fraction of sp³-hybridized carbons (Fsp3) is 0.684. The summed E-state index contributed by atoms with van der Waals surface area (Å²) < 4.78 is 7.39. The molecule has 0 spiro atoms. The number of likely N-dealkylation sites (tertiary alicyclic amines) is 1. The average molecular weight is 346 g/mol. The van der Waals surface area contributed by atoms with E-state index in [2.05, 4.69) is 35.8 Å². The zero-order valence-electron chi connectivity index (χ0n) is 15.6. The maximum atomic E-state index is 10.5. The van der Waals surface area contributed by atoms with Crippen LogP contribution in [0.5, 0.6) is 0 Å². The van der Waals surface area contributed by atoms with E-state index in [-0.39, 0.29) is 5.54 Å². The number of nitrogens with zero attached hydrogens (tertiary/aromatic N) is 4. The van der Waals surface area contributed by atoms with Crippen LogP contribution in [0.4, 0.5) is 0 Å². The summed E-state index contributed by atoms with van der Waals surface area (Å²) in [6.07, 6.45) is 8.14. The van der Waals surface area contributed by atoms with Gasteiger partial charge in [0.25, 0.3) is 0 Å². The van der Waals surface area contributed by atoms with Gasteiger partial charge in [0, 0.05) is 6.04 Å². The van der Waals surface area contributed by atoms with Crippen LogP contribution < -0.4 is 0 Å². The van der Waals surface area contributed by atoms with E-state index < -0.39 is 6.10 Å². The number of aliphatic hydroxyl groups excluding tert-OH is 1. The van der Waals surface area contributed by atoms with E-state index in [1.165, 1.54) is 19.3 Å². The average Bonchev–Trinajstić information content (AvgIpc) is 3.19. The molecule has 0 bridgehead atoms. The first-order chi connectivity index (χ1) is 11.9. The molecule has 1 fully saturated rings. The third-order valence-electron chi connectivity index (χ3n) is 4.96. The predicted octanol–water partition coefficient (Wildman–Crippen LogP) is 3.49. The standard InChI is InChI=1S/C19H30N4O2/c1-19(2,3)23-18(20-14-21-23)13-22-10-6-4-5-8-15(22)12-16(24)17-9-7-11-25-17/h7,9,11,14-16,24H,4-6,8,10,12-13H2,1-3H3/t15-,16+/m0/s1. The normalized spacial score (nSPS) is 21.2. The fourth-order valence-electron chi connectivity index (χ4n) is 3.68. The van der Waals surface area contributed by atoms with Gasteiger partial charge in [0.2, 0.25) is 0 Å². The highest BCUT2D eigenvalue weighted by atomic mass is 16.4. The minimum absolute atomic E-state index is 0.0825. The van der Waals surface area contributed by atoms with E-state index in [9.17, 15) is 5.11 Å². The van der Waals surface area contributed by atoms with Crippen LogP contribution in [0.15, 0.2) is 29.1 Å². The van der Waals surface area contributed by atoms with Crippen molar-refractivity contribution in [2.45, 2.75) is 77.1 Å². The van der Waals surface area contributed by atoms with Gasteiger partial charge in [-0.05, 0) is 58.7 Å². The molecule has 0 saturated carbocycles. The number of rotatable bonds is 5. The molecule has 1 aliphatic heterocycles. The van der Waals surface area contributed by atoms with Crippen LogP contribution in [0, 0.1) is 0 Å². The number of aromatic nitrogens is 3. The Morgan fingerprint density at radius 1 is 1.32 bits per heavy atom. The second kappa shape index (κ2) is 7.70. The molecule has 25 heavy (non-hydrogen) atoms. The highest BCUT2D eigenvalue weighted by Gasteiger charge is 2.28. The van der Waals surface area contributed by atoms with Crippen LogP contribution in [-0.2, 0) is 12.1 Å². The second-order valence-corrected chi connectivity index (χ2v) is 8.00. The Labute approximate surface area is 149 Å². The molecule has 2 aromatic rings.